The summed E-state index contributed by atoms with van der Waals surface area (Å²) in [6, 6.07) is 3.48. The molecule has 0 aliphatic carbocycles. The first-order chi connectivity index (χ1) is 8.29. The highest BCUT2D eigenvalue weighted by molar-refractivity contribution is 5.92. The molecule has 0 radical (unpaired) electrons. The molecule has 0 spiro atoms. The van der Waals surface area contributed by atoms with Gasteiger partial charge < -0.3 is 10.1 Å². The van der Waals surface area contributed by atoms with E-state index < -0.39 is 0 Å². The van der Waals surface area contributed by atoms with Crippen LogP contribution in [0.3, 0.4) is 0 Å². The van der Waals surface area contributed by atoms with Gasteiger partial charge in [0, 0.05) is 6.92 Å². The van der Waals surface area contributed by atoms with Crippen molar-refractivity contribution in [2.75, 3.05) is 12.4 Å². The Labute approximate surface area is 107 Å². The minimum absolute atomic E-state index is 0.154. The van der Waals surface area contributed by atoms with Crippen LogP contribution >= 0.6 is 0 Å². The molecule has 1 rings (SSSR count). The van der Waals surface area contributed by atoms with Crippen LogP contribution in [-0.4, -0.2) is 13.0 Å². The van der Waals surface area contributed by atoms with Crippen molar-refractivity contribution in [2.24, 2.45) is 5.18 Å². The van der Waals surface area contributed by atoms with Gasteiger partial charge >= 0.3 is 0 Å². The van der Waals surface area contributed by atoms with Gasteiger partial charge in [0.2, 0.25) is 5.91 Å². The van der Waals surface area contributed by atoms with E-state index in [0.717, 1.165) is 5.56 Å². The van der Waals surface area contributed by atoms with Crippen LogP contribution in [-0.2, 0) is 10.2 Å². The number of ether oxygens (including phenoxy) is 1. The van der Waals surface area contributed by atoms with Gasteiger partial charge in [0.15, 0.2) is 11.4 Å². The number of rotatable bonds is 3. The number of nitrogens with one attached hydrogen (secondary N) is 1. The highest BCUT2D eigenvalue weighted by atomic mass is 16.5. The summed E-state index contributed by atoms with van der Waals surface area (Å²) in [5.41, 5.74) is 1.40. The number of amides is 1. The van der Waals surface area contributed by atoms with Gasteiger partial charge in [-0.3, -0.25) is 4.79 Å². The van der Waals surface area contributed by atoms with Crippen LogP contribution in [0.1, 0.15) is 33.3 Å². The number of carbonyl (C=O) groups excluding carboxylic acids is 1. The van der Waals surface area contributed by atoms with Crippen molar-refractivity contribution in [2.45, 2.75) is 33.1 Å². The molecule has 0 aromatic heterocycles. The van der Waals surface area contributed by atoms with Gasteiger partial charge in [-0.25, -0.2) is 0 Å². The first-order valence-corrected chi connectivity index (χ1v) is 5.63. The zero-order valence-corrected chi connectivity index (χ0v) is 11.3. The van der Waals surface area contributed by atoms with E-state index in [1.165, 1.54) is 14.0 Å². The van der Waals surface area contributed by atoms with Crippen LogP contribution in [0.25, 0.3) is 0 Å². The second-order valence-electron chi connectivity index (χ2n) is 5.10. The van der Waals surface area contributed by atoms with Gasteiger partial charge in [0.1, 0.15) is 0 Å². The normalized spacial score (nSPS) is 10.9. The fourth-order valence-electron chi connectivity index (χ4n) is 1.61. The zero-order valence-electron chi connectivity index (χ0n) is 11.3. The van der Waals surface area contributed by atoms with Crippen LogP contribution in [0, 0.1) is 4.91 Å². The molecule has 0 fully saturated rings. The van der Waals surface area contributed by atoms with Crippen LogP contribution in [0.4, 0.5) is 11.4 Å². The first-order valence-electron chi connectivity index (χ1n) is 5.63. The van der Waals surface area contributed by atoms with E-state index >= 15 is 0 Å². The standard InChI is InChI=1S/C13H18N2O3/c1-8(16)14-10-6-9(13(2,3)4)7-11(15-17)12(10)18-5/h6-7H,1-5H3,(H,14,16). The van der Waals surface area contributed by atoms with E-state index in [4.69, 9.17) is 4.74 Å². The second kappa shape index (κ2) is 5.16. The number of anilines is 1. The number of hydrogen-bond acceptors (Lipinski definition) is 4. The lowest BCUT2D eigenvalue weighted by Gasteiger charge is -2.21. The van der Waals surface area contributed by atoms with E-state index in [2.05, 4.69) is 10.5 Å². The summed E-state index contributed by atoms with van der Waals surface area (Å²) in [7, 11) is 1.44. The van der Waals surface area contributed by atoms with Crippen LogP contribution in [0.2, 0.25) is 0 Å². The zero-order chi connectivity index (χ0) is 13.9. The third-order valence-corrected chi connectivity index (χ3v) is 2.55. The predicted molar refractivity (Wildman–Crippen MR) is 71.5 cm³/mol. The molecule has 0 bridgehead atoms. The molecule has 0 saturated heterocycles. The van der Waals surface area contributed by atoms with Gasteiger partial charge in [-0.05, 0) is 28.3 Å². The predicted octanol–water partition coefficient (Wildman–Crippen LogP) is 3.35. The second-order valence-corrected chi connectivity index (χ2v) is 5.10. The molecule has 0 aliphatic heterocycles. The Morgan fingerprint density at radius 2 is 1.94 bits per heavy atom. The third-order valence-electron chi connectivity index (χ3n) is 2.55. The molecule has 0 heterocycles. The molecule has 5 heteroatoms. The lowest BCUT2D eigenvalue weighted by atomic mass is 9.86. The lowest BCUT2D eigenvalue weighted by molar-refractivity contribution is -0.114. The Morgan fingerprint density at radius 3 is 2.33 bits per heavy atom. The average Bonchev–Trinajstić information content (AvgIpc) is 2.25. The lowest BCUT2D eigenvalue weighted by Crippen LogP contribution is -2.13. The maximum atomic E-state index is 11.2. The largest absolute Gasteiger partial charge is 0.492 e. The number of benzene rings is 1. The number of hydrogen-bond donors (Lipinski definition) is 1. The van der Waals surface area contributed by atoms with Crippen LogP contribution in [0.15, 0.2) is 17.3 Å². The molecule has 1 aromatic carbocycles. The molecule has 0 saturated carbocycles. The Morgan fingerprint density at radius 1 is 1.33 bits per heavy atom. The molecule has 5 nitrogen and oxygen atoms in total. The van der Waals surface area contributed by atoms with E-state index in [9.17, 15) is 9.70 Å². The molecule has 0 unspecified atom stereocenters. The summed E-state index contributed by atoms with van der Waals surface area (Å²) in [5.74, 6) is 0.0596. The van der Waals surface area contributed by atoms with Gasteiger partial charge in [-0.15, -0.1) is 4.91 Å². The van der Waals surface area contributed by atoms with Crippen molar-refractivity contribution in [3.05, 3.63) is 22.6 Å². The molecule has 98 valence electrons. The van der Waals surface area contributed by atoms with E-state index in [0.29, 0.717) is 5.69 Å². The fourth-order valence-corrected chi connectivity index (χ4v) is 1.61. The van der Waals surface area contributed by atoms with Gasteiger partial charge in [0.05, 0.1) is 12.8 Å². The number of nitroso groups, excluding NO2 is 1. The molecule has 0 aliphatic rings. The Hall–Kier alpha value is -1.91. The van der Waals surface area contributed by atoms with Gasteiger partial charge in [-0.1, -0.05) is 20.8 Å². The van der Waals surface area contributed by atoms with Gasteiger partial charge in [-0.2, -0.15) is 0 Å². The Bertz CT molecular complexity index is 476. The summed E-state index contributed by atoms with van der Waals surface area (Å²) >= 11 is 0. The SMILES string of the molecule is COc1c(N=O)cc(C(C)(C)C)cc1NC(C)=O. The summed E-state index contributed by atoms with van der Waals surface area (Å²) < 4.78 is 5.13. The topological polar surface area (TPSA) is 67.8 Å². The smallest absolute Gasteiger partial charge is 0.221 e. The maximum Gasteiger partial charge on any atom is 0.221 e. The molecule has 1 N–H and O–H groups in total. The summed E-state index contributed by atoms with van der Waals surface area (Å²) in [6.07, 6.45) is 0. The number of carbonyl (C=O) groups is 1. The minimum Gasteiger partial charge on any atom is -0.492 e. The fraction of sp³-hybridized carbons (Fsp3) is 0.462. The third kappa shape index (κ3) is 3.06. The van der Waals surface area contributed by atoms with Crippen LogP contribution < -0.4 is 10.1 Å². The monoisotopic (exact) mass is 250 g/mol. The van der Waals surface area contributed by atoms with Crippen molar-refractivity contribution < 1.29 is 9.53 Å². The molecule has 1 aromatic rings. The maximum absolute atomic E-state index is 11.2. The summed E-state index contributed by atoms with van der Waals surface area (Å²) in [5, 5.41) is 5.61. The molecule has 0 atom stereocenters. The first kappa shape index (κ1) is 14.2. The van der Waals surface area contributed by atoms with Gasteiger partial charge in [0.25, 0.3) is 0 Å². The van der Waals surface area contributed by atoms with E-state index in [1.54, 1.807) is 12.1 Å². The number of methoxy groups -OCH3 is 1. The molecular weight excluding hydrogens is 232 g/mol. The summed E-state index contributed by atoms with van der Waals surface area (Å²) in [4.78, 5) is 22.0. The van der Waals surface area contributed by atoms with Crippen molar-refractivity contribution >= 4 is 17.3 Å². The minimum atomic E-state index is -0.226. The quantitative estimate of drug-likeness (QED) is 0.836. The van der Waals surface area contributed by atoms with E-state index in [-0.39, 0.29) is 22.8 Å². The van der Waals surface area contributed by atoms with Crippen molar-refractivity contribution in [1.29, 1.82) is 0 Å². The van der Waals surface area contributed by atoms with Crippen LogP contribution in [0.5, 0.6) is 5.75 Å². The van der Waals surface area contributed by atoms with Crippen molar-refractivity contribution in [1.82, 2.24) is 0 Å². The molecule has 1 amide bonds. The average molecular weight is 250 g/mol. The van der Waals surface area contributed by atoms with E-state index in [1.807, 2.05) is 20.8 Å². The Balaban J connectivity index is 3.45. The highest BCUT2D eigenvalue weighted by Crippen LogP contribution is 2.39. The van der Waals surface area contributed by atoms with Crippen molar-refractivity contribution in [3.63, 3.8) is 0 Å². The summed E-state index contributed by atoms with van der Waals surface area (Å²) in [6.45, 7) is 7.44. The van der Waals surface area contributed by atoms with Crippen molar-refractivity contribution in [3.8, 4) is 5.75 Å². The highest BCUT2D eigenvalue weighted by Gasteiger charge is 2.20. The number of nitrogens with zero attached hydrogens (tertiary/aromatic N) is 1. The Kier molecular flexibility index (Phi) is 4.06. The molecule has 18 heavy (non-hydrogen) atoms. The molecular formula is C13H18N2O3.